The van der Waals surface area contributed by atoms with E-state index in [0.717, 1.165) is 0 Å². The Labute approximate surface area is 128 Å². The summed E-state index contributed by atoms with van der Waals surface area (Å²) in [6.07, 6.45) is 1.85. The third-order valence-electron chi connectivity index (χ3n) is 3.79. The number of aryl methyl sites for hydroxylation is 1. The molecule has 2 aromatic rings. The summed E-state index contributed by atoms with van der Waals surface area (Å²) < 4.78 is 13.0. The number of ether oxygens (including phenoxy) is 1. The standard InChI is InChI=1S/C15H20N4O3/c1-10(2)13-16-17-14(22-13)12-9-21-8-7-19(12)15(20)11-5-4-6-18(11)3/h4-6,10,12H,7-9H2,1-3H3. The lowest BCUT2D eigenvalue weighted by atomic mass is 10.2. The zero-order valence-electron chi connectivity index (χ0n) is 13.0. The van der Waals surface area contributed by atoms with Crippen LogP contribution in [0.2, 0.25) is 0 Å². The Kier molecular flexibility index (Phi) is 3.98. The Morgan fingerprint density at radius 2 is 2.23 bits per heavy atom. The molecule has 2 aromatic heterocycles. The third-order valence-corrected chi connectivity index (χ3v) is 3.79. The van der Waals surface area contributed by atoms with Crippen LogP contribution in [0.1, 0.15) is 48.1 Å². The second-order valence-corrected chi connectivity index (χ2v) is 5.73. The van der Waals surface area contributed by atoms with Gasteiger partial charge >= 0.3 is 0 Å². The second-order valence-electron chi connectivity index (χ2n) is 5.73. The fourth-order valence-electron chi connectivity index (χ4n) is 2.50. The van der Waals surface area contributed by atoms with Gasteiger partial charge in [-0.05, 0) is 12.1 Å². The predicted octanol–water partition coefficient (Wildman–Crippen LogP) is 1.75. The highest BCUT2D eigenvalue weighted by Crippen LogP contribution is 2.26. The van der Waals surface area contributed by atoms with Gasteiger partial charge in [0.05, 0.1) is 13.2 Å². The van der Waals surface area contributed by atoms with Gasteiger partial charge in [0.25, 0.3) is 5.91 Å². The summed E-state index contributed by atoms with van der Waals surface area (Å²) in [5, 5.41) is 8.15. The molecule has 0 aliphatic carbocycles. The first kappa shape index (κ1) is 14.8. The average Bonchev–Trinajstić information content (AvgIpc) is 3.15. The lowest BCUT2D eigenvalue weighted by molar-refractivity contribution is -0.0112. The SMILES string of the molecule is CC(C)c1nnc(C2COCCN2C(=O)c2cccn2C)o1. The molecule has 0 bridgehead atoms. The van der Waals surface area contributed by atoms with Crippen molar-refractivity contribution in [2.45, 2.75) is 25.8 Å². The van der Waals surface area contributed by atoms with Crippen molar-refractivity contribution in [3.8, 4) is 0 Å². The van der Waals surface area contributed by atoms with Crippen LogP contribution in [0.15, 0.2) is 22.7 Å². The van der Waals surface area contributed by atoms with E-state index >= 15 is 0 Å². The van der Waals surface area contributed by atoms with E-state index in [1.807, 2.05) is 43.8 Å². The van der Waals surface area contributed by atoms with Crippen LogP contribution >= 0.6 is 0 Å². The minimum Gasteiger partial charge on any atom is -0.423 e. The van der Waals surface area contributed by atoms with Gasteiger partial charge in [0.15, 0.2) is 0 Å². The molecule has 0 spiro atoms. The number of amides is 1. The van der Waals surface area contributed by atoms with Crippen LogP contribution in [0.25, 0.3) is 0 Å². The number of morpholine rings is 1. The summed E-state index contributed by atoms with van der Waals surface area (Å²) in [5.41, 5.74) is 0.635. The molecule has 22 heavy (non-hydrogen) atoms. The van der Waals surface area contributed by atoms with Crippen LogP contribution in [0.5, 0.6) is 0 Å². The number of hydrogen-bond acceptors (Lipinski definition) is 5. The van der Waals surface area contributed by atoms with Gasteiger partial charge in [-0.2, -0.15) is 0 Å². The van der Waals surface area contributed by atoms with Crippen LogP contribution in [-0.2, 0) is 11.8 Å². The molecule has 0 aromatic carbocycles. The van der Waals surface area contributed by atoms with E-state index < -0.39 is 0 Å². The molecule has 1 aliphatic heterocycles. The molecular weight excluding hydrogens is 284 g/mol. The van der Waals surface area contributed by atoms with Crippen LogP contribution in [0.4, 0.5) is 0 Å². The Morgan fingerprint density at radius 1 is 1.41 bits per heavy atom. The highest BCUT2D eigenvalue weighted by molar-refractivity contribution is 5.93. The van der Waals surface area contributed by atoms with Gasteiger partial charge in [-0.3, -0.25) is 4.79 Å². The molecule has 1 unspecified atom stereocenters. The second kappa shape index (κ2) is 5.92. The number of aromatic nitrogens is 3. The topological polar surface area (TPSA) is 73.4 Å². The van der Waals surface area contributed by atoms with Crippen LogP contribution in [-0.4, -0.2) is 45.3 Å². The summed E-state index contributed by atoms with van der Waals surface area (Å²) >= 11 is 0. The van der Waals surface area contributed by atoms with Crippen molar-refractivity contribution in [1.82, 2.24) is 19.7 Å². The highest BCUT2D eigenvalue weighted by Gasteiger charge is 2.34. The molecule has 1 aliphatic rings. The van der Waals surface area contributed by atoms with Crippen LogP contribution in [0, 0.1) is 0 Å². The zero-order chi connectivity index (χ0) is 15.7. The molecule has 7 nitrogen and oxygen atoms in total. The molecule has 1 saturated heterocycles. The first-order chi connectivity index (χ1) is 10.6. The quantitative estimate of drug-likeness (QED) is 0.863. The predicted molar refractivity (Wildman–Crippen MR) is 78.4 cm³/mol. The van der Waals surface area contributed by atoms with Gasteiger partial charge in [-0.15, -0.1) is 10.2 Å². The summed E-state index contributed by atoms with van der Waals surface area (Å²) in [4.78, 5) is 14.5. The van der Waals surface area contributed by atoms with Crippen molar-refractivity contribution in [2.75, 3.05) is 19.8 Å². The lowest BCUT2D eigenvalue weighted by Crippen LogP contribution is -2.44. The van der Waals surface area contributed by atoms with E-state index in [4.69, 9.17) is 9.15 Å². The van der Waals surface area contributed by atoms with E-state index in [1.54, 1.807) is 4.90 Å². The van der Waals surface area contributed by atoms with Crippen molar-refractivity contribution >= 4 is 5.91 Å². The number of rotatable bonds is 3. The van der Waals surface area contributed by atoms with E-state index in [0.29, 0.717) is 37.2 Å². The first-order valence-corrected chi connectivity index (χ1v) is 7.41. The van der Waals surface area contributed by atoms with E-state index in [9.17, 15) is 4.79 Å². The average molecular weight is 304 g/mol. The Bertz CT molecular complexity index is 661. The molecule has 0 saturated carbocycles. The number of carbonyl (C=O) groups excluding carboxylic acids is 1. The Balaban J connectivity index is 1.87. The fraction of sp³-hybridized carbons (Fsp3) is 0.533. The summed E-state index contributed by atoms with van der Waals surface area (Å²) in [7, 11) is 1.85. The maximum Gasteiger partial charge on any atom is 0.271 e. The van der Waals surface area contributed by atoms with Gasteiger partial charge in [0.2, 0.25) is 11.8 Å². The third kappa shape index (κ3) is 2.64. The minimum absolute atomic E-state index is 0.0508. The Morgan fingerprint density at radius 3 is 2.86 bits per heavy atom. The Hall–Kier alpha value is -2.15. The molecule has 1 fully saturated rings. The molecule has 1 amide bonds. The summed E-state index contributed by atoms with van der Waals surface area (Å²) in [6, 6.07) is 3.32. The summed E-state index contributed by atoms with van der Waals surface area (Å²) in [5.74, 6) is 1.12. The van der Waals surface area contributed by atoms with Gasteiger partial charge in [-0.25, -0.2) is 0 Å². The largest absolute Gasteiger partial charge is 0.423 e. The van der Waals surface area contributed by atoms with Crippen molar-refractivity contribution < 1.29 is 13.9 Å². The van der Waals surface area contributed by atoms with Gasteiger partial charge < -0.3 is 18.6 Å². The van der Waals surface area contributed by atoms with Crippen molar-refractivity contribution in [3.63, 3.8) is 0 Å². The van der Waals surface area contributed by atoms with E-state index in [-0.39, 0.29) is 17.9 Å². The molecule has 1 atom stereocenters. The summed E-state index contributed by atoms with van der Waals surface area (Å²) in [6.45, 7) is 5.37. The maximum absolute atomic E-state index is 12.8. The number of nitrogens with zero attached hydrogens (tertiary/aromatic N) is 4. The molecule has 3 rings (SSSR count). The number of hydrogen-bond donors (Lipinski definition) is 0. The van der Waals surface area contributed by atoms with Crippen molar-refractivity contribution in [3.05, 3.63) is 35.8 Å². The molecule has 118 valence electrons. The molecule has 3 heterocycles. The smallest absolute Gasteiger partial charge is 0.271 e. The molecule has 7 heteroatoms. The number of carbonyl (C=O) groups is 1. The molecule has 0 radical (unpaired) electrons. The highest BCUT2D eigenvalue weighted by atomic mass is 16.5. The van der Waals surface area contributed by atoms with Gasteiger partial charge in [0.1, 0.15) is 11.7 Å². The monoisotopic (exact) mass is 304 g/mol. The van der Waals surface area contributed by atoms with Gasteiger partial charge in [-0.1, -0.05) is 13.8 Å². The van der Waals surface area contributed by atoms with E-state index in [1.165, 1.54) is 0 Å². The fourth-order valence-corrected chi connectivity index (χ4v) is 2.50. The van der Waals surface area contributed by atoms with Crippen LogP contribution < -0.4 is 0 Å². The minimum atomic E-state index is -0.337. The molecule has 0 N–H and O–H groups in total. The van der Waals surface area contributed by atoms with Crippen molar-refractivity contribution in [1.29, 1.82) is 0 Å². The van der Waals surface area contributed by atoms with Crippen molar-refractivity contribution in [2.24, 2.45) is 7.05 Å². The van der Waals surface area contributed by atoms with Gasteiger partial charge in [0, 0.05) is 25.7 Å². The van der Waals surface area contributed by atoms with E-state index in [2.05, 4.69) is 10.2 Å². The molecular formula is C15H20N4O3. The van der Waals surface area contributed by atoms with Crippen LogP contribution in [0.3, 0.4) is 0 Å². The zero-order valence-corrected chi connectivity index (χ0v) is 13.0. The lowest BCUT2D eigenvalue weighted by Gasteiger charge is -2.33. The normalized spacial score (nSPS) is 18.9. The maximum atomic E-state index is 12.8. The first-order valence-electron chi connectivity index (χ1n) is 7.41.